The van der Waals surface area contributed by atoms with Crippen molar-refractivity contribution in [3.05, 3.63) is 54.2 Å². The fraction of sp³-hybridized carbons (Fsp3) is 0.462. The number of rotatable bonds is 5. The van der Waals surface area contributed by atoms with Crippen LogP contribution < -0.4 is 0 Å². The first kappa shape index (κ1) is 25.0. The first-order valence-corrected chi connectivity index (χ1v) is 14.7. The molecule has 4 rings (SSSR count). The van der Waals surface area contributed by atoms with Gasteiger partial charge in [0.25, 0.3) is 0 Å². The minimum Gasteiger partial charge on any atom is -0.460 e. The molecule has 8 nitrogen and oxygen atoms in total. The lowest BCUT2D eigenvalue weighted by molar-refractivity contribution is -0.150. The fourth-order valence-electron chi connectivity index (χ4n) is 3.67. The molecule has 0 amide bonds. The predicted octanol–water partition coefficient (Wildman–Crippen LogP) is 4.47. The number of fused-ring (bicyclic) bond motifs is 1. The number of ether oxygens (including phenoxy) is 2. The van der Waals surface area contributed by atoms with E-state index in [1.807, 2.05) is 34.9 Å². The molecule has 35 heavy (non-hydrogen) atoms. The Labute approximate surface area is 207 Å². The summed E-state index contributed by atoms with van der Waals surface area (Å²) in [7, 11) is -1.99. The summed E-state index contributed by atoms with van der Waals surface area (Å²) in [6.45, 7) is 12.7. The molecule has 1 saturated heterocycles. The van der Waals surface area contributed by atoms with Gasteiger partial charge in [0.1, 0.15) is 36.0 Å². The van der Waals surface area contributed by atoms with Crippen LogP contribution in [0.1, 0.15) is 51.6 Å². The molecule has 1 aliphatic heterocycles. The second-order valence-corrected chi connectivity index (χ2v) is 15.1. The molecule has 0 bridgehead atoms. The molecule has 3 aromatic rings. The van der Waals surface area contributed by atoms with E-state index >= 15 is 0 Å². The maximum absolute atomic E-state index is 11.8. The Morgan fingerprint density at radius 1 is 1.17 bits per heavy atom. The highest BCUT2D eigenvalue weighted by Gasteiger charge is 2.43. The monoisotopic (exact) mass is 492 g/mol. The second kappa shape index (κ2) is 9.89. The molecule has 2 aromatic heterocycles. The Morgan fingerprint density at radius 2 is 1.91 bits per heavy atom. The summed E-state index contributed by atoms with van der Waals surface area (Å²) in [5.74, 6) is 5.88. The van der Waals surface area contributed by atoms with Crippen molar-refractivity contribution in [1.82, 2.24) is 19.5 Å². The van der Waals surface area contributed by atoms with E-state index in [4.69, 9.17) is 13.9 Å². The molecule has 0 spiro atoms. The Kier molecular flexibility index (Phi) is 7.08. The molecule has 3 unspecified atom stereocenters. The number of aromatic nitrogens is 4. The average Bonchev–Trinajstić information content (AvgIpc) is 3.40. The van der Waals surface area contributed by atoms with Gasteiger partial charge in [-0.1, -0.05) is 44.9 Å². The van der Waals surface area contributed by atoms with Crippen LogP contribution >= 0.6 is 0 Å². The number of esters is 1. The summed E-state index contributed by atoms with van der Waals surface area (Å²) in [6, 6.07) is 9.72. The maximum atomic E-state index is 11.8. The number of carbonyl (C=O) groups is 1. The third-order valence-electron chi connectivity index (χ3n) is 6.68. The SMILES string of the molecule is CC(=O)OC1CC(n2cnc3c(C#Cc4ccccc4)ncnc32)OC1CO[Si](C)(C)C(C)(C)C. The number of hydrogen-bond donors (Lipinski definition) is 0. The van der Waals surface area contributed by atoms with Crippen LogP contribution in [0.5, 0.6) is 0 Å². The van der Waals surface area contributed by atoms with Crippen LogP contribution in [0.3, 0.4) is 0 Å². The van der Waals surface area contributed by atoms with Crippen LogP contribution in [-0.2, 0) is 18.7 Å². The zero-order valence-corrected chi connectivity index (χ0v) is 22.1. The van der Waals surface area contributed by atoms with E-state index in [1.165, 1.54) is 13.3 Å². The second-order valence-electron chi connectivity index (χ2n) is 10.2. The summed E-state index contributed by atoms with van der Waals surface area (Å²) in [6.07, 6.45) is 2.44. The third kappa shape index (κ3) is 5.61. The minimum absolute atomic E-state index is 0.0661. The van der Waals surface area contributed by atoms with Crippen LogP contribution in [-0.4, -0.2) is 52.6 Å². The minimum atomic E-state index is -1.99. The lowest BCUT2D eigenvalue weighted by Gasteiger charge is -2.37. The molecule has 184 valence electrons. The van der Waals surface area contributed by atoms with Gasteiger partial charge in [0.2, 0.25) is 0 Å². The Morgan fingerprint density at radius 3 is 2.60 bits per heavy atom. The number of imidazole rings is 1. The van der Waals surface area contributed by atoms with E-state index in [2.05, 4.69) is 60.7 Å². The van der Waals surface area contributed by atoms with Crippen LogP contribution in [0.25, 0.3) is 11.2 Å². The molecule has 1 aromatic carbocycles. The highest BCUT2D eigenvalue weighted by atomic mass is 28.4. The average molecular weight is 493 g/mol. The van der Waals surface area contributed by atoms with E-state index in [1.54, 1.807) is 6.33 Å². The van der Waals surface area contributed by atoms with E-state index in [0.29, 0.717) is 29.9 Å². The first-order valence-electron chi connectivity index (χ1n) is 11.8. The van der Waals surface area contributed by atoms with Gasteiger partial charge in [0.05, 0.1) is 12.9 Å². The van der Waals surface area contributed by atoms with Crippen molar-refractivity contribution < 1.29 is 18.7 Å². The van der Waals surface area contributed by atoms with Gasteiger partial charge >= 0.3 is 5.97 Å². The molecule has 1 aliphatic rings. The first-order chi connectivity index (χ1) is 16.5. The van der Waals surface area contributed by atoms with E-state index in [9.17, 15) is 4.79 Å². The number of benzene rings is 1. The Hall–Kier alpha value is -3.06. The summed E-state index contributed by atoms with van der Waals surface area (Å²) in [5.41, 5.74) is 2.66. The summed E-state index contributed by atoms with van der Waals surface area (Å²) in [5, 5.41) is 0.0661. The summed E-state index contributed by atoms with van der Waals surface area (Å²) < 4.78 is 20.2. The lowest BCUT2D eigenvalue weighted by atomic mass is 10.2. The molecule has 0 saturated carbocycles. The molecule has 0 aliphatic carbocycles. The van der Waals surface area contributed by atoms with Crippen LogP contribution in [0, 0.1) is 11.8 Å². The quantitative estimate of drug-likeness (QED) is 0.295. The molecule has 9 heteroatoms. The van der Waals surface area contributed by atoms with Crippen molar-refractivity contribution in [2.45, 2.75) is 70.7 Å². The molecule has 1 fully saturated rings. The van der Waals surface area contributed by atoms with Crippen LogP contribution in [0.15, 0.2) is 43.0 Å². The highest BCUT2D eigenvalue weighted by Crippen LogP contribution is 2.38. The van der Waals surface area contributed by atoms with Crippen LogP contribution in [0.2, 0.25) is 18.1 Å². The lowest BCUT2D eigenvalue weighted by Crippen LogP contribution is -2.44. The zero-order valence-electron chi connectivity index (χ0n) is 21.1. The Balaban J connectivity index is 1.57. The van der Waals surface area contributed by atoms with Gasteiger partial charge in [-0.2, -0.15) is 0 Å². The molecule has 3 heterocycles. The number of nitrogens with zero attached hydrogens (tertiary/aromatic N) is 4. The standard InChI is InChI=1S/C26H32N4O4Si/c1-18(31)33-21-14-23(34-22(21)15-32-35(5,6)26(2,3)4)30-17-29-24-20(27-16-28-25(24)30)13-12-19-10-8-7-9-11-19/h7-11,16-17,21-23H,14-15H2,1-6H3. The van der Waals surface area contributed by atoms with Gasteiger partial charge in [-0.3, -0.25) is 9.36 Å². The largest absolute Gasteiger partial charge is 0.460 e. The van der Waals surface area contributed by atoms with Gasteiger partial charge in [-0.25, -0.2) is 15.0 Å². The van der Waals surface area contributed by atoms with Gasteiger partial charge in [-0.05, 0) is 36.2 Å². The van der Waals surface area contributed by atoms with Crippen molar-refractivity contribution in [2.24, 2.45) is 0 Å². The smallest absolute Gasteiger partial charge is 0.302 e. The molecular formula is C26H32N4O4Si. The maximum Gasteiger partial charge on any atom is 0.302 e. The van der Waals surface area contributed by atoms with Gasteiger partial charge in [0.15, 0.2) is 14.0 Å². The topological polar surface area (TPSA) is 88.4 Å². The van der Waals surface area contributed by atoms with Gasteiger partial charge < -0.3 is 13.9 Å². The summed E-state index contributed by atoms with van der Waals surface area (Å²) in [4.78, 5) is 25.1. The van der Waals surface area contributed by atoms with Crippen molar-refractivity contribution in [1.29, 1.82) is 0 Å². The van der Waals surface area contributed by atoms with Crippen LogP contribution in [0.4, 0.5) is 0 Å². The van der Waals surface area contributed by atoms with E-state index in [0.717, 1.165) is 5.56 Å². The highest BCUT2D eigenvalue weighted by molar-refractivity contribution is 6.74. The molecular weight excluding hydrogens is 460 g/mol. The predicted molar refractivity (Wildman–Crippen MR) is 135 cm³/mol. The van der Waals surface area contributed by atoms with Gasteiger partial charge in [-0.15, -0.1) is 0 Å². The number of carbonyl (C=O) groups excluding carboxylic acids is 1. The summed E-state index contributed by atoms with van der Waals surface area (Å²) >= 11 is 0. The van der Waals surface area contributed by atoms with Crippen molar-refractivity contribution in [2.75, 3.05) is 6.61 Å². The van der Waals surface area contributed by atoms with Crippen molar-refractivity contribution in [3.63, 3.8) is 0 Å². The zero-order chi connectivity index (χ0) is 25.2. The van der Waals surface area contributed by atoms with E-state index < -0.39 is 20.6 Å². The van der Waals surface area contributed by atoms with Gasteiger partial charge in [0, 0.05) is 18.9 Å². The fourth-order valence-corrected chi connectivity index (χ4v) is 4.69. The Bertz CT molecular complexity index is 1260. The van der Waals surface area contributed by atoms with E-state index in [-0.39, 0.29) is 17.1 Å². The molecule has 3 atom stereocenters. The molecule has 0 N–H and O–H groups in total. The van der Waals surface area contributed by atoms with Crippen molar-refractivity contribution in [3.8, 4) is 11.8 Å². The third-order valence-corrected chi connectivity index (χ3v) is 11.2. The normalized spacial score (nSPS) is 20.5. The van der Waals surface area contributed by atoms with Crippen molar-refractivity contribution >= 4 is 25.5 Å². The number of hydrogen-bond acceptors (Lipinski definition) is 7. The molecule has 0 radical (unpaired) electrons.